The molecular weight excluding hydrogens is 520 g/mol. The van der Waals surface area contributed by atoms with Crippen LogP contribution in [0.4, 0.5) is 0 Å². The number of rotatable bonds is 18. The van der Waals surface area contributed by atoms with E-state index in [1.54, 1.807) is 0 Å². The molecule has 0 aliphatic carbocycles. The van der Waals surface area contributed by atoms with E-state index in [1.807, 2.05) is 66.3 Å². The van der Waals surface area contributed by atoms with E-state index in [0.29, 0.717) is 13.1 Å². The molecule has 0 saturated heterocycles. The second kappa shape index (κ2) is 16.6. The summed E-state index contributed by atoms with van der Waals surface area (Å²) in [6.45, 7) is 6.97. The first-order valence-corrected chi connectivity index (χ1v) is 14.5. The summed E-state index contributed by atoms with van der Waals surface area (Å²) in [5.74, 6) is -1.32. The summed E-state index contributed by atoms with van der Waals surface area (Å²) in [6, 6.07) is 24.3. The lowest BCUT2D eigenvalue weighted by atomic mass is 10.1. The molecule has 40 heavy (non-hydrogen) atoms. The van der Waals surface area contributed by atoms with Crippen LogP contribution in [-0.2, 0) is 31.0 Å². The lowest BCUT2D eigenvalue weighted by Crippen LogP contribution is -2.36. The SMILES string of the molecule is O=C(O)C(CNCc1ccc(CN(CCNCc2ccccn2)CCNCc2ccccn2)cc1)c1cccs1. The first kappa shape index (κ1) is 29.5. The number of nitrogens with one attached hydrogen (secondary N) is 3. The highest BCUT2D eigenvalue weighted by Gasteiger charge is 2.20. The van der Waals surface area contributed by atoms with Crippen LogP contribution in [0.5, 0.6) is 0 Å². The van der Waals surface area contributed by atoms with Crippen molar-refractivity contribution in [2.75, 3.05) is 32.7 Å². The second-order valence-electron chi connectivity index (χ2n) is 9.63. The molecule has 1 aromatic carbocycles. The van der Waals surface area contributed by atoms with Gasteiger partial charge < -0.3 is 21.1 Å². The fraction of sp³-hybridized carbons (Fsp3) is 0.323. The van der Waals surface area contributed by atoms with Gasteiger partial charge in [-0.05, 0) is 46.8 Å². The first-order chi connectivity index (χ1) is 19.7. The molecule has 3 aromatic heterocycles. The molecular formula is C31H38N6O2S. The summed E-state index contributed by atoms with van der Waals surface area (Å²) in [5.41, 5.74) is 4.47. The summed E-state index contributed by atoms with van der Waals surface area (Å²) in [7, 11) is 0. The fourth-order valence-corrected chi connectivity index (χ4v) is 5.18. The van der Waals surface area contributed by atoms with E-state index in [1.165, 1.54) is 16.9 Å². The van der Waals surface area contributed by atoms with Crippen molar-refractivity contribution in [3.8, 4) is 0 Å². The Morgan fingerprint density at radius 3 is 1.93 bits per heavy atom. The third-order valence-corrected chi connectivity index (χ3v) is 7.55. The summed E-state index contributed by atoms with van der Waals surface area (Å²) < 4.78 is 0. The maximum atomic E-state index is 11.7. The molecule has 0 aliphatic heterocycles. The number of aliphatic carboxylic acids is 1. The average molecular weight is 559 g/mol. The Labute approximate surface area is 240 Å². The van der Waals surface area contributed by atoms with E-state index >= 15 is 0 Å². The van der Waals surface area contributed by atoms with E-state index in [0.717, 1.165) is 67.6 Å². The van der Waals surface area contributed by atoms with Gasteiger partial charge in [0, 0.05) is 76.2 Å². The van der Waals surface area contributed by atoms with Crippen molar-refractivity contribution in [3.05, 3.63) is 118 Å². The number of aromatic nitrogens is 2. The standard InChI is InChI=1S/C31H38N6O2S/c38-31(39)29(30-8-5-19-40-30)23-34-20-25-9-11-26(12-10-25)24-37(17-15-32-21-27-6-1-3-13-35-27)18-16-33-22-28-7-2-4-14-36-28/h1-14,19,29,32-34H,15-18,20-24H2,(H,38,39). The second-order valence-corrected chi connectivity index (χ2v) is 10.6. The Morgan fingerprint density at radius 1 is 0.775 bits per heavy atom. The molecule has 4 rings (SSSR count). The molecule has 210 valence electrons. The van der Waals surface area contributed by atoms with Crippen LogP contribution < -0.4 is 16.0 Å². The van der Waals surface area contributed by atoms with Crippen LogP contribution in [0.2, 0.25) is 0 Å². The van der Waals surface area contributed by atoms with Crippen molar-refractivity contribution < 1.29 is 9.90 Å². The van der Waals surface area contributed by atoms with E-state index in [-0.39, 0.29) is 0 Å². The molecule has 9 heteroatoms. The van der Waals surface area contributed by atoms with Crippen LogP contribution >= 0.6 is 11.3 Å². The molecule has 0 radical (unpaired) electrons. The summed E-state index contributed by atoms with van der Waals surface area (Å²) in [4.78, 5) is 23.8. The van der Waals surface area contributed by atoms with Crippen molar-refractivity contribution in [1.82, 2.24) is 30.8 Å². The Hall–Kier alpha value is -3.47. The molecule has 4 N–H and O–H groups in total. The Kier molecular flexibility index (Phi) is 12.2. The minimum absolute atomic E-state index is 0.405. The zero-order valence-electron chi connectivity index (χ0n) is 22.7. The third kappa shape index (κ3) is 10.3. The van der Waals surface area contributed by atoms with Gasteiger partial charge in [0.1, 0.15) is 5.92 Å². The van der Waals surface area contributed by atoms with Crippen LogP contribution in [0.1, 0.15) is 33.3 Å². The van der Waals surface area contributed by atoms with Crippen molar-refractivity contribution in [3.63, 3.8) is 0 Å². The highest BCUT2D eigenvalue weighted by molar-refractivity contribution is 7.10. The van der Waals surface area contributed by atoms with Gasteiger partial charge in [0.2, 0.25) is 0 Å². The maximum Gasteiger partial charge on any atom is 0.313 e. The van der Waals surface area contributed by atoms with Gasteiger partial charge in [-0.2, -0.15) is 0 Å². The summed E-state index contributed by atoms with van der Waals surface area (Å²) in [6.07, 6.45) is 3.65. The minimum Gasteiger partial charge on any atom is -0.481 e. The number of carbonyl (C=O) groups is 1. The van der Waals surface area contributed by atoms with Crippen LogP contribution in [-0.4, -0.2) is 58.7 Å². The number of nitrogens with zero attached hydrogens (tertiary/aromatic N) is 3. The molecule has 0 aliphatic rings. The number of benzene rings is 1. The van der Waals surface area contributed by atoms with Gasteiger partial charge in [-0.1, -0.05) is 42.5 Å². The van der Waals surface area contributed by atoms with E-state index in [9.17, 15) is 9.90 Å². The van der Waals surface area contributed by atoms with Crippen LogP contribution in [0.25, 0.3) is 0 Å². The van der Waals surface area contributed by atoms with Crippen molar-refractivity contribution in [2.24, 2.45) is 0 Å². The first-order valence-electron chi connectivity index (χ1n) is 13.7. The molecule has 0 fully saturated rings. The number of hydrogen-bond acceptors (Lipinski definition) is 8. The monoisotopic (exact) mass is 558 g/mol. The summed E-state index contributed by atoms with van der Waals surface area (Å²) >= 11 is 1.48. The lowest BCUT2D eigenvalue weighted by molar-refractivity contribution is -0.138. The van der Waals surface area contributed by atoms with E-state index < -0.39 is 11.9 Å². The minimum atomic E-state index is -0.797. The van der Waals surface area contributed by atoms with Crippen LogP contribution in [0.3, 0.4) is 0 Å². The van der Waals surface area contributed by atoms with Crippen LogP contribution in [0, 0.1) is 0 Å². The van der Waals surface area contributed by atoms with Gasteiger partial charge in [-0.3, -0.25) is 19.7 Å². The largest absolute Gasteiger partial charge is 0.481 e. The maximum absolute atomic E-state index is 11.7. The van der Waals surface area contributed by atoms with Gasteiger partial charge in [0.15, 0.2) is 0 Å². The van der Waals surface area contributed by atoms with Crippen molar-refractivity contribution >= 4 is 17.3 Å². The predicted octanol–water partition coefficient (Wildman–Crippen LogP) is 3.88. The van der Waals surface area contributed by atoms with Crippen molar-refractivity contribution in [2.45, 2.75) is 32.1 Å². The number of pyridine rings is 2. The molecule has 8 nitrogen and oxygen atoms in total. The molecule has 0 spiro atoms. The van der Waals surface area contributed by atoms with Gasteiger partial charge >= 0.3 is 5.97 Å². The Bertz CT molecular complexity index is 1190. The van der Waals surface area contributed by atoms with Gasteiger partial charge in [0.05, 0.1) is 11.4 Å². The van der Waals surface area contributed by atoms with Gasteiger partial charge in [0.25, 0.3) is 0 Å². The third-order valence-electron chi connectivity index (χ3n) is 6.57. The topological polar surface area (TPSA) is 102 Å². The lowest BCUT2D eigenvalue weighted by Gasteiger charge is -2.23. The molecule has 0 saturated carbocycles. The zero-order valence-corrected chi connectivity index (χ0v) is 23.5. The average Bonchev–Trinajstić information content (AvgIpc) is 3.52. The number of carboxylic acid groups (broad SMARTS) is 1. The fourth-order valence-electron chi connectivity index (χ4n) is 4.36. The number of carboxylic acids is 1. The normalized spacial score (nSPS) is 12.0. The highest BCUT2D eigenvalue weighted by Crippen LogP contribution is 2.21. The van der Waals surface area contributed by atoms with Crippen LogP contribution in [0.15, 0.2) is 90.6 Å². The van der Waals surface area contributed by atoms with E-state index in [4.69, 9.17) is 0 Å². The number of thiophene rings is 1. The Balaban J connectivity index is 1.25. The van der Waals surface area contributed by atoms with Gasteiger partial charge in [-0.25, -0.2) is 0 Å². The highest BCUT2D eigenvalue weighted by atomic mass is 32.1. The molecule has 1 atom stereocenters. The molecule has 4 aromatic rings. The Morgan fingerprint density at radius 2 is 1.40 bits per heavy atom. The predicted molar refractivity (Wildman–Crippen MR) is 160 cm³/mol. The quantitative estimate of drug-likeness (QED) is 0.137. The summed E-state index contributed by atoms with van der Waals surface area (Å²) in [5, 5.41) is 21.8. The molecule has 0 amide bonds. The van der Waals surface area contributed by atoms with Crippen molar-refractivity contribution in [1.29, 1.82) is 0 Å². The number of hydrogen-bond donors (Lipinski definition) is 4. The zero-order chi connectivity index (χ0) is 27.8. The molecule has 0 bridgehead atoms. The molecule has 3 heterocycles. The smallest absolute Gasteiger partial charge is 0.313 e. The van der Waals surface area contributed by atoms with E-state index in [2.05, 4.69) is 55.1 Å². The molecule has 1 unspecified atom stereocenters. The van der Waals surface area contributed by atoms with Gasteiger partial charge in [-0.15, -0.1) is 11.3 Å².